The molecule has 0 spiro atoms. The van der Waals surface area contributed by atoms with Crippen LogP contribution >= 0.6 is 0 Å². The predicted octanol–water partition coefficient (Wildman–Crippen LogP) is 19.7. The Balaban J connectivity index is 4.15. The molecule has 0 saturated carbocycles. The predicted molar refractivity (Wildman–Crippen MR) is 289 cm³/mol. The molecule has 0 heterocycles. The van der Waals surface area contributed by atoms with Gasteiger partial charge in [0.1, 0.15) is 13.2 Å². The summed E-state index contributed by atoms with van der Waals surface area (Å²) in [5, 5.41) is 0. The highest BCUT2D eigenvalue weighted by atomic mass is 16.6. The molecule has 0 aromatic carbocycles. The van der Waals surface area contributed by atoms with Crippen molar-refractivity contribution >= 4 is 17.9 Å². The van der Waals surface area contributed by atoms with Crippen LogP contribution in [-0.2, 0) is 28.6 Å². The van der Waals surface area contributed by atoms with Crippen molar-refractivity contribution in [3.8, 4) is 0 Å². The number of esters is 3. The van der Waals surface area contributed by atoms with Crippen molar-refractivity contribution in [3.05, 3.63) is 36.5 Å². The van der Waals surface area contributed by atoms with Gasteiger partial charge in [-0.2, -0.15) is 0 Å². The second kappa shape index (κ2) is 56.2. The van der Waals surface area contributed by atoms with Gasteiger partial charge in [-0.15, -0.1) is 0 Å². The maximum Gasteiger partial charge on any atom is 0.306 e. The summed E-state index contributed by atoms with van der Waals surface area (Å²) in [5.41, 5.74) is 0. The normalized spacial score (nSPS) is 12.2. The molecule has 6 heteroatoms. The van der Waals surface area contributed by atoms with E-state index < -0.39 is 6.10 Å². The van der Waals surface area contributed by atoms with Crippen LogP contribution in [0.3, 0.4) is 0 Å². The van der Waals surface area contributed by atoms with Crippen LogP contribution in [0.5, 0.6) is 0 Å². The second-order valence-electron chi connectivity index (χ2n) is 19.9. The summed E-state index contributed by atoms with van der Waals surface area (Å²) < 4.78 is 16.8. The van der Waals surface area contributed by atoms with Gasteiger partial charge in [-0.25, -0.2) is 0 Å². The fourth-order valence-electron chi connectivity index (χ4n) is 8.69. The second-order valence-corrected chi connectivity index (χ2v) is 19.9. The molecule has 0 aliphatic carbocycles. The van der Waals surface area contributed by atoms with Gasteiger partial charge in [0.25, 0.3) is 0 Å². The molecule has 1 atom stereocenters. The Morgan fingerprint density at radius 1 is 0.299 bits per heavy atom. The zero-order valence-electron chi connectivity index (χ0n) is 44.9. The standard InChI is InChI=1S/C61H112O6/c1-4-7-10-13-16-18-20-22-24-26-28-29-30-31-33-34-36-38-40-42-45-48-51-54-60(63)66-57-58(56-65-59(62)53-50-47-44-15-12-9-6-3)67-61(64)55-52-49-46-43-41-39-37-35-32-27-25-23-21-19-17-14-11-8-5-2/h17,19,23,25,32,35,58H,4-16,18,20-22,24,26-31,33-34,36-57H2,1-3H3/b19-17-,25-23-,35-32-. The van der Waals surface area contributed by atoms with Crippen LogP contribution in [0.15, 0.2) is 36.5 Å². The fraction of sp³-hybridized carbons (Fsp3) is 0.852. The van der Waals surface area contributed by atoms with Gasteiger partial charge in [0.2, 0.25) is 0 Å². The Hall–Kier alpha value is -2.37. The molecule has 0 aromatic rings. The molecule has 0 aromatic heterocycles. The van der Waals surface area contributed by atoms with Crippen LogP contribution in [-0.4, -0.2) is 37.2 Å². The molecule has 0 saturated heterocycles. The minimum absolute atomic E-state index is 0.0735. The third-order valence-corrected chi connectivity index (χ3v) is 13.1. The van der Waals surface area contributed by atoms with E-state index in [0.29, 0.717) is 19.3 Å². The quantitative estimate of drug-likeness (QED) is 0.0262. The van der Waals surface area contributed by atoms with Gasteiger partial charge in [0.15, 0.2) is 6.10 Å². The largest absolute Gasteiger partial charge is 0.462 e. The van der Waals surface area contributed by atoms with E-state index in [4.69, 9.17) is 14.2 Å². The lowest BCUT2D eigenvalue weighted by Crippen LogP contribution is -2.30. The molecular weight excluding hydrogens is 829 g/mol. The van der Waals surface area contributed by atoms with Crippen molar-refractivity contribution in [1.29, 1.82) is 0 Å². The number of hydrogen-bond acceptors (Lipinski definition) is 6. The third-order valence-electron chi connectivity index (χ3n) is 13.1. The van der Waals surface area contributed by atoms with E-state index in [1.165, 1.54) is 199 Å². The lowest BCUT2D eigenvalue weighted by Gasteiger charge is -2.18. The number of carbonyl (C=O) groups is 3. The summed E-state index contributed by atoms with van der Waals surface area (Å²) >= 11 is 0. The van der Waals surface area contributed by atoms with Gasteiger partial charge in [-0.3, -0.25) is 14.4 Å². The Kier molecular flexibility index (Phi) is 54.2. The number of allylic oxidation sites excluding steroid dienone is 6. The van der Waals surface area contributed by atoms with E-state index in [1.807, 2.05) is 0 Å². The van der Waals surface area contributed by atoms with Gasteiger partial charge in [-0.1, -0.05) is 276 Å². The Morgan fingerprint density at radius 3 is 0.866 bits per heavy atom. The van der Waals surface area contributed by atoms with Crippen molar-refractivity contribution in [2.45, 2.75) is 322 Å². The number of unbranched alkanes of at least 4 members (excludes halogenated alkanes) is 37. The van der Waals surface area contributed by atoms with Crippen LogP contribution in [0.1, 0.15) is 316 Å². The van der Waals surface area contributed by atoms with Crippen molar-refractivity contribution in [3.63, 3.8) is 0 Å². The molecule has 0 fully saturated rings. The highest BCUT2D eigenvalue weighted by Crippen LogP contribution is 2.17. The highest BCUT2D eigenvalue weighted by molar-refractivity contribution is 5.71. The summed E-state index contributed by atoms with van der Waals surface area (Å²) in [6, 6.07) is 0. The maximum atomic E-state index is 12.8. The first-order valence-corrected chi connectivity index (χ1v) is 29.5. The van der Waals surface area contributed by atoms with Gasteiger partial charge in [-0.05, 0) is 57.8 Å². The summed E-state index contributed by atoms with van der Waals surface area (Å²) in [6.45, 7) is 6.60. The van der Waals surface area contributed by atoms with E-state index in [-0.39, 0.29) is 31.1 Å². The van der Waals surface area contributed by atoms with Gasteiger partial charge in [0, 0.05) is 19.3 Å². The van der Waals surface area contributed by atoms with Crippen LogP contribution in [0, 0.1) is 0 Å². The van der Waals surface area contributed by atoms with E-state index in [0.717, 1.165) is 77.0 Å². The molecule has 392 valence electrons. The lowest BCUT2D eigenvalue weighted by molar-refractivity contribution is -0.167. The topological polar surface area (TPSA) is 78.9 Å². The Bertz CT molecular complexity index is 1130. The van der Waals surface area contributed by atoms with Crippen molar-refractivity contribution in [1.82, 2.24) is 0 Å². The molecule has 67 heavy (non-hydrogen) atoms. The first kappa shape index (κ1) is 64.6. The van der Waals surface area contributed by atoms with Crippen LogP contribution in [0.4, 0.5) is 0 Å². The van der Waals surface area contributed by atoms with Crippen LogP contribution in [0.2, 0.25) is 0 Å². The van der Waals surface area contributed by atoms with Gasteiger partial charge in [0.05, 0.1) is 0 Å². The SMILES string of the molecule is CCCCC/C=C\C/C=C\C/C=C\CCCCCCCCC(=O)OC(COC(=O)CCCCCCCCC)COC(=O)CCCCCCCCCCCCCCCCCCCCCCCCC. The first-order chi connectivity index (χ1) is 33.0. The Labute approximate surface area is 416 Å². The van der Waals surface area contributed by atoms with Gasteiger partial charge < -0.3 is 14.2 Å². The third kappa shape index (κ3) is 54.4. The molecule has 6 nitrogen and oxygen atoms in total. The molecule has 1 unspecified atom stereocenters. The smallest absolute Gasteiger partial charge is 0.306 e. The van der Waals surface area contributed by atoms with Gasteiger partial charge >= 0.3 is 17.9 Å². The van der Waals surface area contributed by atoms with Crippen LogP contribution in [0.25, 0.3) is 0 Å². The van der Waals surface area contributed by atoms with E-state index in [2.05, 4.69) is 57.2 Å². The van der Waals surface area contributed by atoms with Crippen LogP contribution < -0.4 is 0 Å². The summed E-state index contributed by atoms with van der Waals surface area (Å²) in [6.07, 6.45) is 67.4. The molecule has 0 amide bonds. The summed E-state index contributed by atoms with van der Waals surface area (Å²) in [5.74, 6) is -0.876. The summed E-state index contributed by atoms with van der Waals surface area (Å²) in [7, 11) is 0. The molecule has 0 N–H and O–H groups in total. The molecule has 0 aliphatic rings. The number of carbonyl (C=O) groups excluding carboxylic acids is 3. The zero-order valence-corrected chi connectivity index (χ0v) is 44.9. The molecular formula is C61H112O6. The Morgan fingerprint density at radius 2 is 0.537 bits per heavy atom. The molecule has 0 bridgehead atoms. The van der Waals surface area contributed by atoms with E-state index in [9.17, 15) is 14.4 Å². The number of ether oxygens (including phenoxy) is 3. The number of hydrogen-bond donors (Lipinski definition) is 0. The average molecular weight is 942 g/mol. The number of rotatable bonds is 54. The molecule has 0 rings (SSSR count). The summed E-state index contributed by atoms with van der Waals surface area (Å²) in [4.78, 5) is 38.0. The average Bonchev–Trinajstić information content (AvgIpc) is 3.33. The minimum Gasteiger partial charge on any atom is -0.462 e. The zero-order chi connectivity index (χ0) is 48.6. The highest BCUT2D eigenvalue weighted by Gasteiger charge is 2.19. The molecule has 0 aliphatic heterocycles. The minimum atomic E-state index is -0.774. The lowest BCUT2D eigenvalue weighted by atomic mass is 10.0. The maximum absolute atomic E-state index is 12.8. The van der Waals surface area contributed by atoms with Crippen molar-refractivity contribution in [2.24, 2.45) is 0 Å². The monoisotopic (exact) mass is 941 g/mol. The van der Waals surface area contributed by atoms with E-state index >= 15 is 0 Å². The van der Waals surface area contributed by atoms with Crippen molar-refractivity contribution < 1.29 is 28.6 Å². The van der Waals surface area contributed by atoms with Crippen molar-refractivity contribution in [2.75, 3.05) is 13.2 Å². The fourth-order valence-corrected chi connectivity index (χ4v) is 8.69. The molecule has 0 radical (unpaired) electrons. The van der Waals surface area contributed by atoms with E-state index in [1.54, 1.807) is 0 Å². The first-order valence-electron chi connectivity index (χ1n) is 29.5.